The van der Waals surface area contributed by atoms with Crippen LogP contribution in [0.3, 0.4) is 0 Å². The first-order chi connectivity index (χ1) is 12.0. The van der Waals surface area contributed by atoms with Crippen molar-refractivity contribution in [3.8, 4) is 0 Å². The second-order valence-electron chi connectivity index (χ2n) is 6.81. The van der Waals surface area contributed by atoms with Crippen LogP contribution in [0.5, 0.6) is 0 Å². The first-order valence-electron chi connectivity index (χ1n) is 8.69. The third-order valence-electron chi connectivity index (χ3n) is 4.80. The molecule has 1 fully saturated rings. The van der Waals surface area contributed by atoms with E-state index in [4.69, 9.17) is 16.3 Å². The Morgan fingerprint density at radius 3 is 2.80 bits per heavy atom. The van der Waals surface area contributed by atoms with Crippen LogP contribution < -0.4 is 4.90 Å². The van der Waals surface area contributed by atoms with Crippen LogP contribution in [-0.4, -0.2) is 54.9 Å². The summed E-state index contributed by atoms with van der Waals surface area (Å²) in [4.78, 5) is 6.75. The summed E-state index contributed by atoms with van der Waals surface area (Å²) in [6.07, 6.45) is 1.92. The number of ether oxygens (including phenoxy) is 1. The Kier molecular flexibility index (Phi) is 6.10. The second kappa shape index (κ2) is 8.12. The van der Waals surface area contributed by atoms with E-state index in [-0.39, 0.29) is 0 Å². The standard InChI is InChI=1S/C19H26ClN3OS/c1-13(2)15-5-6-18(17-10-21-19(20)9-16(15)17)23-11-14(12-23)22(3)25-8-7-24-4/h5-6,9-10,13-14H,7-8,11-12H2,1-4H3. The van der Waals surface area contributed by atoms with Gasteiger partial charge in [-0.05, 0) is 36.0 Å². The number of methoxy groups -OCH3 is 1. The molecule has 2 aromatic rings. The van der Waals surface area contributed by atoms with Crippen LogP contribution in [0.1, 0.15) is 25.3 Å². The van der Waals surface area contributed by atoms with Crippen molar-refractivity contribution >= 4 is 40.0 Å². The van der Waals surface area contributed by atoms with Gasteiger partial charge in [-0.15, -0.1) is 0 Å². The monoisotopic (exact) mass is 379 g/mol. The molecule has 0 N–H and O–H groups in total. The lowest BCUT2D eigenvalue weighted by Crippen LogP contribution is -2.57. The molecule has 0 spiro atoms. The zero-order valence-electron chi connectivity index (χ0n) is 15.3. The van der Waals surface area contributed by atoms with Crippen molar-refractivity contribution in [2.75, 3.05) is 44.5 Å². The van der Waals surface area contributed by atoms with E-state index in [9.17, 15) is 0 Å². The van der Waals surface area contributed by atoms with Gasteiger partial charge in [0.25, 0.3) is 0 Å². The Hall–Kier alpha value is -1.01. The maximum atomic E-state index is 6.16. The fraction of sp³-hybridized carbons (Fsp3) is 0.526. The van der Waals surface area contributed by atoms with Gasteiger partial charge in [0.05, 0.1) is 12.6 Å². The summed E-state index contributed by atoms with van der Waals surface area (Å²) < 4.78 is 7.48. The number of pyridine rings is 1. The van der Waals surface area contributed by atoms with Crippen LogP contribution in [0.2, 0.25) is 5.15 Å². The van der Waals surface area contributed by atoms with E-state index in [2.05, 4.69) is 47.2 Å². The minimum absolute atomic E-state index is 0.461. The lowest BCUT2D eigenvalue weighted by Gasteiger charge is -2.45. The molecule has 2 heterocycles. The molecule has 6 heteroatoms. The minimum Gasteiger partial charge on any atom is -0.384 e. The minimum atomic E-state index is 0.461. The van der Waals surface area contributed by atoms with Crippen LogP contribution in [0.25, 0.3) is 10.8 Å². The lowest BCUT2D eigenvalue weighted by molar-refractivity contribution is 0.217. The zero-order valence-corrected chi connectivity index (χ0v) is 16.9. The molecule has 4 nitrogen and oxygen atoms in total. The van der Waals surface area contributed by atoms with Gasteiger partial charge in [0, 0.05) is 43.2 Å². The van der Waals surface area contributed by atoms with Gasteiger partial charge in [-0.1, -0.05) is 43.5 Å². The van der Waals surface area contributed by atoms with Crippen molar-refractivity contribution in [3.05, 3.63) is 35.1 Å². The Labute approximate surface area is 159 Å². The summed E-state index contributed by atoms with van der Waals surface area (Å²) in [5, 5.41) is 2.98. The second-order valence-corrected chi connectivity index (χ2v) is 8.44. The molecule has 1 aromatic heterocycles. The molecule has 1 aliphatic heterocycles. The van der Waals surface area contributed by atoms with Crippen molar-refractivity contribution in [1.29, 1.82) is 0 Å². The van der Waals surface area contributed by atoms with Crippen molar-refractivity contribution < 1.29 is 4.74 Å². The number of halogens is 1. The predicted octanol–water partition coefficient (Wildman–Crippen LogP) is 4.43. The first-order valence-corrected chi connectivity index (χ1v) is 10.0. The molecule has 3 rings (SSSR count). The van der Waals surface area contributed by atoms with Crippen molar-refractivity contribution in [1.82, 2.24) is 9.29 Å². The third kappa shape index (κ3) is 4.05. The summed E-state index contributed by atoms with van der Waals surface area (Å²) in [5.74, 6) is 1.46. The molecule has 136 valence electrons. The van der Waals surface area contributed by atoms with Crippen LogP contribution in [0, 0.1) is 0 Å². The van der Waals surface area contributed by atoms with Crippen LogP contribution in [0.15, 0.2) is 24.4 Å². The van der Waals surface area contributed by atoms with E-state index in [0.29, 0.717) is 17.1 Å². The highest BCUT2D eigenvalue weighted by molar-refractivity contribution is 7.97. The number of rotatable bonds is 7. The lowest BCUT2D eigenvalue weighted by atomic mass is 9.95. The molecule has 1 aliphatic rings. The number of nitrogens with zero attached hydrogens (tertiary/aromatic N) is 3. The SMILES string of the molecule is COCCSN(C)C1CN(c2ccc(C(C)C)c3cc(Cl)ncc23)C1. The molecule has 1 aromatic carbocycles. The molecular formula is C19H26ClN3OS. The Morgan fingerprint density at radius 1 is 1.36 bits per heavy atom. The topological polar surface area (TPSA) is 28.6 Å². The average Bonchev–Trinajstić information content (AvgIpc) is 2.53. The van der Waals surface area contributed by atoms with Gasteiger partial charge in [-0.25, -0.2) is 9.29 Å². The molecule has 0 radical (unpaired) electrons. The highest BCUT2D eigenvalue weighted by Crippen LogP contribution is 2.36. The number of likely N-dealkylation sites (N-methyl/N-ethyl adjacent to an activating group) is 1. The Balaban J connectivity index is 1.76. The average molecular weight is 380 g/mol. The van der Waals surface area contributed by atoms with Gasteiger partial charge in [0.1, 0.15) is 5.15 Å². The Bertz CT molecular complexity index is 734. The molecule has 1 saturated heterocycles. The molecule has 25 heavy (non-hydrogen) atoms. The number of benzene rings is 1. The van der Waals surface area contributed by atoms with Gasteiger partial charge in [-0.3, -0.25) is 0 Å². The molecule has 0 atom stereocenters. The third-order valence-corrected chi connectivity index (χ3v) is 6.06. The van der Waals surface area contributed by atoms with E-state index in [1.807, 2.05) is 24.2 Å². The summed E-state index contributed by atoms with van der Waals surface area (Å²) in [6.45, 7) is 7.30. The number of aromatic nitrogens is 1. The molecule has 0 bridgehead atoms. The van der Waals surface area contributed by atoms with E-state index < -0.39 is 0 Å². The number of hydrogen-bond donors (Lipinski definition) is 0. The summed E-state index contributed by atoms with van der Waals surface area (Å²) in [7, 11) is 3.92. The quantitative estimate of drug-likeness (QED) is 0.403. The molecule has 0 amide bonds. The van der Waals surface area contributed by atoms with Gasteiger partial charge in [-0.2, -0.15) is 0 Å². The maximum absolute atomic E-state index is 6.16. The van der Waals surface area contributed by atoms with Crippen molar-refractivity contribution in [2.24, 2.45) is 0 Å². The highest BCUT2D eigenvalue weighted by atomic mass is 35.5. The maximum Gasteiger partial charge on any atom is 0.129 e. The summed E-state index contributed by atoms with van der Waals surface area (Å²) in [5.41, 5.74) is 2.59. The fourth-order valence-electron chi connectivity index (χ4n) is 3.25. The van der Waals surface area contributed by atoms with Gasteiger partial charge in [0.2, 0.25) is 0 Å². The molecule has 0 saturated carbocycles. The normalized spacial score (nSPS) is 15.4. The number of hydrogen-bond acceptors (Lipinski definition) is 5. The zero-order chi connectivity index (χ0) is 18.0. The molecule has 0 aliphatic carbocycles. The number of anilines is 1. The molecule has 0 unspecified atom stereocenters. The van der Waals surface area contributed by atoms with Gasteiger partial charge in [0.15, 0.2) is 0 Å². The smallest absolute Gasteiger partial charge is 0.129 e. The highest BCUT2D eigenvalue weighted by Gasteiger charge is 2.31. The number of fused-ring (bicyclic) bond motifs is 1. The van der Waals surface area contributed by atoms with Gasteiger partial charge >= 0.3 is 0 Å². The molecular weight excluding hydrogens is 354 g/mol. The van der Waals surface area contributed by atoms with Gasteiger partial charge < -0.3 is 9.64 Å². The predicted molar refractivity (Wildman–Crippen MR) is 109 cm³/mol. The largest absolute Gasteiger partial charge is 0.384 e. The Morgan fingerprint density at radius 2 is 2.12 bits per heavy atom. The fourth-order valence-corrected chi connectivity index (χ4v) is 4.28. The van der Waals surface area contributed by atoms with Crippen LogP contribution in [0.4, 0.5) is 5.69 Å². The van der Waals surface area contributed by atoms with Crippen LogP contribution in [-0.2, 0) is 4.74 Å². The van der Waals surface area contributed by atoms with E-state index in [0.717, 1.165) is 25.4 Å². The first kappa shape index (κ1) is 18.8. The van der Waals surface area contributed by atoms with Crippen molar-refractivity contribution in [2.45, 2.75) is 25.8 Å². The van der Waals surface area contributed by atoms with E-state index >= 15 is 0 Å². The van der Waals surface area contributed by atoms with Crippen LogP contribution >= 0.6 is 23.5 Å². The van der Waals surface area contributed by atoms with E-state index in [1.54, 1.807) is 7.11 Å². The van der Waals surface area contributed by atoms with E-state index in [1.165, 1.54) is 22.0 Å². The summed E-state index contributed by atoms with van der Waals surface area (Å²) >= 11 is 8.00. The van der Waals surface area contributed by atoms with Crippen molar-refractivity contribution in [3.63, 3.8) is 0 Å². The summed E-state index contributed by atoms with van der Waals surface area (Å²) in [6, 6.07) is 7.05.